The van der Waals surface area contributed by atoms with Gasteiger partial charge in [-0.3, -0.25) is 4.79 Å². The van der Waals surface area contributed by atoms with Crippen LogP contribution in [0.5, 0.6) is 0 Å². The lowest BCUT2D eigenvalue weighted by atomic mass is 10.0. The first-order valence-electron chi connectivity index (χ1n) is 8.07. The number of nitriles is 1. The lowest BCUT2D eigenvalue weighted by molar-refractivity contribution is -0.141. The number of esters is 1. The van der Waals surface area contributed by atoms with Gasteiger partial charge < -0.3 is 4.74 Å². The summed E-state index contributed by atoms with van der Waals surface area (Å²) in [4.78, 5) is 11.9. The van der Waals surface area contributed by atoms with Crippen LogP contribution in [0, 0.1) is 11.3 Å². The summed E-state index contributed by atoms with van der Waals surface area (Å²) in [5.41, 5.74) is 1.01. The van der Waals surface area contributed by atoms with Crippen LogP contribution < -0.4 is 0 Å². The molecular weight excluding hydrogens is 352 g/mol. The Balaban J connectivity index is 2.55. The van der Waals surface area contributed by atoms with Gasteiger partial charge in [-0.2, -0.15) is 9.57 Å². The number of carbonyl (C=O) groups is 1. The first-order valence-corrected chi connectivity index (χ1v) is 9.51. The Morgan fingerprint density at radius 1 is 1.19 bits per heavy atom. The predicted octanol–water partition coefficient (Wildman–Crippen LogP) is 2.87. The molecular formula is C19H20N2O4S. The number of hydrogen-bond donors (Lipinski definition) is 0. The second kappa shape index (κ2) is 8.61. The van der Waals surface area contributed by atoms with Crippen LogP contribution >= 0.6 is 0 Å². The highest BCUT2D eigenvalue weighted by Crippen LogP contribution is 2.30. The second-order valence-electron chi connectivity index (χ2n) is 5.60. The molecule has 2 aromatic carbocycles. The summed E-state index contributed by atoms with van der Waals surface area (Å²) in [6.07, 6.45) is 0.470. The molecule has 0 aliphatic heterocycles. The van der Waals surface area contributed by atoms with E-state index in [0.717, 1.165) is 9.87 Å². The maximum Gasteiger partial charge on any atom is 0.321 e. The first-order chi connectivity index (χ1) is 12.4. The Morgan fingerprint density at radius 3 is 2.46 bits per heavy atom. The van der Waals surface area contributed by atoms with Crippen LogP contribution in [0.4, 0.5) is 0 Å². The van der Waals surface area contributed by atoms with E-state index in [-0.39, 0.29) is 10.5 Å². The van der Waals surface area contributed by atoms with Gasteiger partial charge in [-0.25, -0.2) is 8.42 Å². The highest BCUT2D eigenvalue weighted by atomic mass is 32.2. The summed E-state index contributed by atoms with van der Waals surface area (Å²) >= 11 is 0. The summed E-state index contributed by atoms with van der Waals surface area (Å²) in [7, 11) is -2.80. The maximum absolute atomic E-state index is 13.2. The van der Waals surface area contributed by atoms with E-state index in [9.17, 15) is 13.2 Å². The van der Waals surface area contributed by atoms with Crippen LogP contribution in [0.2, 0.25) is 0 Å². The van der Waals surface area contributed by atoms with E-state index in [2.05, 4.69) is 4.74 Å². The number of carbonyl (C=O) groups excluding carboxylic acids is 1. The van der Waals surface area contributed by atoms with Crippen LogP contribution in [-0.2, 0) is 19.6 Å². The number of nitrogens with zero attached hydrogens (tertiary/aromatic N) is 2. The summed E-state index contributed by atoms with van der Waals surface area (Å²) < 4.78 is 32.3. The quantitative estimate of drug-likeness (QED) is 0.698. The summed E-state index contributed by atoms with van der Waals surface area (Å²) in [5.74, 6) is -0.653. The van der Waals surface area contributed by atoms with Crippen molar-refractivity contribution in [3.8, 4) is 6.07 Å². The second-order valence-corrected chi connectivity index (χ2v) is 7.49. The molecule has 0 bridgehead atoms. The molecule has 0 aliphatic rings. The van der Waals surface area contributed by atoms with Gasteiger partial charge in [0.15, 0.2) is 0 Å². The molecule has 0 heterocycles. The first kappa shape index (κ1) is 19.6. The van der Waals surface area contributed by atoms with Gasteiger partial charge in [0.05, 0.1) is 29.7 Å². The Bertz CT molecular complexity index is 905. The molecule has 136 valence electrons. The highest BCUT2D eigenvalue weighted by Gasteiger charge is 2.33. The lowest BCUT2D eigenvalue weighted by Gasteiger charge is -2.29. The van der Waals surface area contributed by atoms with E-state index in [1.54, 1.807) is 0 Å². The molecule has 0 aromatic heterocycles. The van der Waals surface area contributed by atoms with Crippen molar-refractivity contribution in [3.05, 3.63) is 65.7 Å². The molecule has 26 heavy (non-hydrogen) atoms. The summed E-state index contributed by atoms with van der Waals surface area (Å²) in [6, 6.07) is 16.3. The monoisotopic (exact) mass is 372 g/mol. The predicted molar refractivity (Wildman–Crippen MR) is 96.5 cm³/mol. The molecule has 1 unspecified atom stereocenters. The molecule has 0 spiro atoms. The number of hydrogen-bond acceptors (Lipinski definition) is 5. The third-order valence-corrected chi connectivity index (χ3v) is 5.85. The number of sulfonamides is 1. The largest absolute Gasteiger partial charge is 0.468 e. The zero-order chi connectivity index (χ0) is 19.2. The van der Waals surface area contributed by atoms with E-state index in [1.165, 1.54) is 31.4 Å². The fourth-order valence-electron chi connectivity index (χ4n) is 2.70. The van der Waals surface area contributed by atoms with Crippen LogP contribution in [0.3, 0.4) is 0 Å². The summed E-state index contributed by atoms with van der Waals surface area (Å²) in [5, 5.41) is 9.05. The van der Waals surface area contributed by atoms with E-state index in [4.69, 9.17) is 5.26 Å². The van der Waals surface area contributed by atoms with Crippen LogP contribution in [0.25, 0.3) is 0 Å². The molecule has 6 nitrogen and oxygen atoms in total. The van der Waals surface area contributed by atoms with Gasteiger partial charge in [-0.15, -0.1) is 0 Å². The van der Waals surface area contributed by atoms with Crippen molar-refractivity contribution in [1.29, 1.82) is 5.26 Å². The van der Waals surface area contributed by atoms with Crippen molar-refractivity contribution in [2.45, 2.75) is 24.3 Å². The molecule has 2 aromatic rings. The molecule has 0 radical (unpaired) electrons. The van der Waals surface area contributed by atoms with Crippen molar-refractivity contribution in [2.24, 2.45) is 0 Å². The Morgan fingerprint density at radius 2 is 1.88 bits per heavy atom. The van der Waals surface area contributed by atoms with Gasteiger partial charge in [0.2, 0.25) is 10.0 Å². The van der Waals surface area contributed by atoms with E-state index in [1.807, 2.05) is 43.3 Å². The Kier molecular flexibility index (Phi) is 6.50. The molecule has 0 fully saturated rings. The molecule has 0 amide bonds. The fourth-order valence-corrected chi connectivity index (χ4v) is 4.38. The fraction of sp³-hybridized carbons (Fsp3) is 0.263. The van der Waals surface area contributed by atoms with Gasteiger partial charge in [0, 0.05) is 0 Å². The molecule has 0 N–H and O–H groups in total. The maximum atomic E-state index is 13.2. The normalized spacial score (nSPS) is 12.4. The SMILES string of the molecule is CCC(c1ccccc1)N(CC(=O)OC)S(=O)(=O)c1cccc(C#N)c1. The van der Waals surface area contributed by atoms with Gasteiger partial charge in [0.1, 0.15) is 6.54 Å². The van der Waals surface area contributed by atoms with Crippen molar-refractivity contribution in [3.63, 3.8) is 0 Å². The van der Waals surface area contributed by atoms with E-state index in [0.29, 0.717) is 6.42 Å². The van der Waals surface area contributed by atoms with Gasteiger partial charge in [-0.1, -0.05) is 43.3 Å². The smallest absolute Gasteiger partial charge is 0.321 e. The van der Waals surface area contributed by atoms with Crippen LogP contribution in [0.1, 0.15) is 30.5 Å². The number of rotatable bonds is 7. The minimum absolute atomic E-state index is 0.0326. The van der Waals surface area contributed by atoms with Crippen molar-refractivity contribution < 1.29 is 17.9 Å². The minimum atomic E-state index is -4.02. The van der Waals surface area contributed by atoms with Crippen molar-refractivity contribution in [2.75, 3.05) is 13.7 Å². The van der Waals surface area contributed by atoms with Crippen LogP contribution in [-0.4, -0.2) is 32.3 Å². The van der Waals surface area contributed by atoms with Crippen LogP contribution in [0.15, 0.2) is 59.5 Å². The Labute approximate surface area is 153 Å². The average molecular weight is 372 g/mol. The topological polar surface area (TPSA) is 87.5 Å². The van der Waals surface area contributed by atoms with Crippen molar-refractivity contribution in [1.82, 2.24) is 4.31 Å². The number of methoxy groups -OCH3 is 1. The Hall–Kier alpha value is -2.69. The number of ether oxygens (including phenoxy) is 1. The summed E-state index contributed by atoms with van der Waals surface area (Å²) in [6.45, 7) is 1.44. The molecule has 2 rings (SSSR count). The highest BCUT2D eigenvalue weighted by molar-refractivity contribution is 7.89. The number of benzene rings is 2. The molecule has 0 saturated carbocycles. The standard InChI is InChI=1S/C19H20N2O4S/c1-3-18(16-9-5-4-6-10-16)21(14-19(22)25-2)26(23,24)17-11-7-8-15(12-17)13-20/h4-12,18H,3,14H2,1-2H3. The third-order valence-electron chi connectivity index (χ3n) is 4.00. The lowest BCUT2D eigenvalue weighted by Crippen LogP contribution is -2.39. The average Bonchev–Trinajstić information content (AvgIpc) is 2.68. The van der Waals surface area contributed by atoms with Gasteiger partial charge in [0.25, 0.3) is 0 Å². The molecule has 1 atom stereocenters. The zero-order valence-electron chi connectivity index (χ0n) is 14.6. The van der Waals surface area contributed by atoms with E-state index < -0.39 is 28.6 Å². The zero-order valence-corrected chi connectivity index (χ0v) is 15.4. The molecule has 7 heteroatoms. The van der Waals surface area contributed by atoms with Crippen molar-refractivity contribution >= 4 is 16.0 Å². The minimum Gasteiger partial charge on any atom is -0.468 e. The third kappa shape index (κ3) is 4.28. The van der Waals surface area contributed by atoms with Gasteiger partial charge >= 0.3 is 5.97 Å². The van der Waals surface area contributed by atoms with Gasteiger partial charge in [-0.05, 0) is 30.2 Å². The molecule has 0 aliphatic carbocycles. The molecule has 0 saturated heterocycles. The van der Waals surface area contributed by atoms with E-state index >= 15 is 0 Å².